The summed E-state index contributed by atoms with van der Waals surface area (Å²) in [5.41, 5.74) is 1.67. The van der Waals surface area contributed by atoms with Crippen molar-refractivity contribution in [2.45, 2.75) is 55.0 Å². The summed E-state index contributed by atoms with van der Waals surface area (Å²) in [7, 11) is 0. The molecule has 1 aliphatic rings. The van der Waals surface area contributed by atoms with Gasteiger partial charge in [0.05, 0.1) is 19.3 Å². The topological polar surface area (TPSA) is 108 Å². The monoisotopic (exact) mass is 677 g/mol. The second-order valence-electron chi connectivity index (χ2n) is 8.75. The van der Waals surface area contributed by atoms with Crippen LogP contribution in [0.25, 0.3) is 0 Å². The molecule has 3 heterocycles. The first-order chi connectivity index (χ1) is 22.9. The molecular formula is C36H45Cl2N7O2. The Labute approximate surface area is 289 Å². The van der Waals surface area contributed by atoms with Crippen LogP contribution in [0.1, 0.15) is 54.0 Å². The fourth-order valence-electron chi connectivity index (χ4n) is 3.93. The number of allylic oxidation sites excluding steroid dienone is 3. The summed E-state index contributed by atoms with van der Waals surface area (Å²) in [5.74, 6) is 2.10. The van der Waals surface area contributed by atoms with Crippen LogP contribution in [-0.4, -0.2) is 27.7 Å². The van der Waals surface area contributed by atoms with Gasteiger partial charge in [0.2, 0.25) is 11.8 Å². The number of halogens is 2. The lowest BCUT2D eigenvalue weighted by molar-refractivity contribution is 0.463. The van der Waals surface area contributed by atoms with Gasteiger partial charge in [0.15, 0.2) is 0 Å². The SMILES string of the molecule is C=C/C=C(\C)Cl.CC.CC.CC.N#CCN1CNc2c1c(=O)nc(Nc1ccc(Oc3ccccn3)cc1)n2Cc1ccc(Cl)cc1. The number of rotatable bonds is 8. The molecule has 0 radical (unpaired) electrons. The minimum absolute atomic E-state index is 0.0857. The summed E-state index contributed by atoms with van der Waals surface area (Å²) in [6.07, 6.45) is 5.06. The van der Waals surface area contributed by atoms with Crippen LogP contribution in [0.5, 0.6) is 11.6 Å². The van der Waals surface area contributed by atoms with Gasteiger partial charge in [-0.05, 0) is 61.0 Å². The molecule has 2 aromatic heterocycles. The van der Waals surface area contributed by atoms with Crippen LogP contribution >= 0.6 is 23.2 Å². The lowest BCUT2D eigenvalue weighted by Crippen LogP contribution is -2.28. The second-order valence-corrected chi connectivity index (χ2v) is 9.78. The van der Waals surface area contributed by atoms with Gasteiger partial charge in [-0.25, -0.2) is 4.98 Å². The van der Waals surface area contributed by atoms with Crippen LogP contribution in [0.3, 0.4) is 0 Å². The predicted molar refractivity (Wildman–Crippen MR) is 198 cm³/mol. The van der Waals surface area contributed by atoms with Gasteiger partial charge in [-0.1, -0.05) is 95.6 Å². The van der Waals surface area contributed by atoms with Crippen molar-refractivity contribution < 1.29 is 4.74 Å². The number of ether oxygens (including phenoxy) is 1. The van der Waals surface area contributed by atoms with Crippen molar-refractivity contribution in [2.24, 2.45) is 0 Å². The number of benzene rings is 2. The molecule has 5 rings (SSSR count). The molecule has 0 atom stereocenters. The summed E-state index contributed by atoms with van der Waals surface area (Å²) in [4.78, 5) is 23.1. The Kier molecular flexibility index (Phi) is 19.4. The van der Waals surface area contributed by atoms with Gasteiger partial charge in [-0.3, -0.25) is 9.36 Å². The van der Waals surface area contributed by atoms with Crippen molar-refractivity contribution in [3.05, 3.63) is 118 Å². The highest BCUT2D eigenvalue weighted by Crippen LogP contribution is 2.31. The van der Waals surface area contributed by atoms with E-state index in [0.717, 1.165) is 16.3 Å². The van der Waals surface area contributed by atoms with E-state index in [9.17, 15) is 4.79 Å². The van der Waals surface area contributed by atoms with E-state index in [-0.39, 0.29) is 6.54 Å². The molecule has 0 amide bonds. The Balaban J connectivity index is 0.000000808. The summed E-state index contributed by atoms with van der Waals surface area (Å²) < 4.78 is 7.63. The Bertz CT molecular complexity index is 1610. The normalized spacial score (nSPS) is 10.7. The minimum atomic E-state index is -0.412. The molecule has 4 aromatic rings. The average Bonchev–Trinajstić information content (AvgIpc) is 3.52. The molecule has 47 heavy (non-hydrogen) atoms. The van der Waals surface area contributed by atoms with Crippen LogP contribution in [0.15, 0.2) is 101 Å². The van der Waals surface area contributed by atoms with Crippen LogP contribution in [0, 0.1) is 11.3 Å². The van der Waals surface area contributed by atoms with Gasteiger partial charge >= 0.3 is 0 Å². The van der Waals surface area contributed by atoms with E-state index in [0.29, 0.717) is 47.3 Å². The highest BCUT2D eigenvalue weighted by molar-refractivity contribution is 6.30. The van der Waals surface area contributed by atoms with Crippen molar-refractivity contribution in [3.63, 3.8) is 0 Å². The molecule has 0 fully saturated rings. The van der Waals surface area contributed by atoms with Crippen molar-refractivity contribution in [1.29, 1.82) is 5.26 Å². The molecule has 0 bridgehead atoms. The molecule has 0 aliphatic carbocycles. The van der Waals surface area contributed by atoms with E-state index in [1.165, 1.54) is 0 Å². The lowest BCUT2D eigenvalue weighted by atomic mass is 10.2. The molecule has 0 saturated heterocycles. The number of hydrogen-bond donors (Lipinski definition) is 2. The van der Waals surface area contributed by atoms with Gasteiger partial charge in [-0.2, -0.15) is 10.2 Å². The largest absolute Gasteiger partial charge is 0.439 e. The predicted octanol–water partition coefficient (Wildman–Crippen LogP) is 9.98. The minimum Gasteiger partial charge on any atom is -0.439 e. The number of fused-ring (bicyclic) bond motifs is 1. The molecule has 11 heteroatoms. The second kappa shape index (κ2) is 22.7. The van der Waals surface area contributed by atoms with E-state index >= 15 is 0 Å². The fourth-order valence-corrected chi connectivity index (χ4v) is 4.14. The molecule has 2 aromatic carbocycles. The summed E-state index contributed by atoms with van der Waals surface area (Å²) in [6, 6.07) is 22.3. The van der Waals surface area contributed by atoms with E-state index in [1.54, 1.807) is 41.4 Å². The molecule has 0 spiro atoms. The van der Waals surface area contributed by atoms with E-state index in [4.69, 9.17) is 33.2 Å². The smallest absolute Gasteiger partial charge is 0.300 e. The third-order valence-electron chi connectivity index (χ3n) is 5.75. The maximum absolute atomic E-state index is 12.9. The molecule has 0 saturated carbocycles. The molecular weight excluding hydrogens is 633 g/mol. The van der Waals surface area contributed by atoms with Crippen molar-refractivity contribution in [3.8, 4) is 17.7 Å². The van der Waals surface area contributed by atoms with Crippen molar-refractivity contribution in [2.75, 3.05) is 28.7 Å². The van der Waals surface area contributed by atoms with E-state index < -0.39 is 5.56 Å². The summed E-state index contributed by atoms with van der Waals surface area (Å²) in [5, 5.41) is 17.0. The fraction of sp³-hybridized carbons (Fsp3) is 0.278. The first-order valence-electron chi connectivity index (χ1n) is 15.5. The standard InChI is InChI=1S/C25H20ClN7O2.C5H7Cl.3C2H6/c26-18-6-4-17(5-7-18)15-33-23-22(32(14-12-27)16-29-23)24(34)31-25(33)30-19-8-10-20(11-9-19)35-21-3-1-2-13-28-21;1-3-4-5(2)6;3*1-2/h1-11,13,29H,14-16H2,(H,30,31,34);3-4H,1H2,2H3;3*1-2H3/b;5-4+;;;. The highest BCUT2D eigenvalue weighted by atomic mass is 35.5. The number of nitriles is 1. The number of anilines is 4. The Hall–Kier alpha value is -4.78. The van der Waals surface area contributed by atoms with Gasteiger partial charge in [0.25, 0.3) is 5.56 Å². The summed E-state index contributed by atoms with van der Waals surface area (Å²) >= 11 is 11.4. The Morgan fingerprint density at radius 1 is 1.06 bits per heavy atom. The Morgan fingerprint density at radius 2 is 1.72 bits per heavy atom. The number of nitrogens with one attached hydrogen (secondary N) is 2. The quantitative estimate of drug-likeness (QED) is 0.140. The zero-order chi connectivity index (χ0) is 35.2. The molecule has 2 N–H and O–H groups in total. The van der Waals surface area contributed by atoms with Gasteiger partial charge in [0, 0.05) is 28.0 Å². The van der Waals surface area contributed by atoms with Crippen LogP contribution in [-0.2, 0) is 6.54 Å². The van der Waals surface area contributed by atoms with Gasteiger partial charge in [0.1, 0.15) is 23.8 Å². The third-order valence-corrected chi connectivity index (χ3v) is 6.13. The van der Waals surface area contributed by atoms with Gasteiger partial charge in [-0.15, -0.1) is 0 Å². The molecule has 1 aliphatic heterocycles. The first-order valence-corrected chi connectivity index (χ1v) is 16.3. The van der Waals surface area contributed by atoms with Gasteiger partial charge < -0.3 is 20.3 Å². The summed E-state index contributed by atoms with van der Waals surface area (Å²) in [6.45, 7) is 18.1. The van der Waals surface area contributed by atoms with Crippen molar-refractivity contribution in [1.82, 2.24) is 14.5 Å². The number of pyridine rings is 1. The maximum Gasteiger partial charge on any atom is 0.300 e. The third kappa shape index (κ3) is 12.9. The maximum atomic E-state index is 12.9. The Morgan fingerprint density at radius 3 is 2.26 bits per heavy atom. The zero-order valence-corrected chi connectivity index (χ0v) is 29.7. The number of aromatic nitrogens is 3. The average molecular weight is 679 g/mol. The van der Waals surface area contributed by atoms with Crippen molar-refractivity contribution >= 4 is 46.3 Å². The highest BCUT2D eigenvalue weighted by Gasteiger charge is 2.27. The lowest BCUT2D eigenvalue weighted by Gasteiger charge is -2.19. The number of hydrogen-bond acceptors (Lipinski definition) is 8. The van der Waals surface area contributed by atoms with Crippen LogP contribution in [0.4, 0.5) is 23.1 Å². The first kappa shape index (κ1) is 40.2. The molecule has 250 valence electrons. The molecule has 9 nitrogen and oxygen atoms in total. The van der Waals surface area contributed by atoms with Crippen LogP contribution in [0.2, 0.25) is 5.02 Å². The number of nitrogens with zero attached hydrogens (tertiary/aromatic N) is 5. The zero-order valence-electron chi connectivity index (χ0n) is 28.2. The van der Waals surface area contributed by atoms with Crippen LogP contribution < -0.4 is 25.8 Å². The molecule has 0 unspecified atom stereocenters. The van der Waals surface area contributed by atoms with E-state index in [2.05, 4.69) is 33.2 Å². The van der Waals surface area contributed by atoms with E-state index in [1.807, 2.05) is 102 Å².